The predicted molar refractivity (Wildman–Crippen MR) is 117 cm³/mol. The number of anilines is 1. The molecular formula is C20H18BrF2N5O2S. The molecule has 2 aromatic carbocycles. The van der Waals surface area contributed by atoms with Crippen molar-refractivity contribution in [2.45, 2.75) is 18.1 Å². The molecule has 0 radical (unpaired) electrons. The van der Waals surface area contributed by atoms with Gasteiger partial charge in [0.25, 0.3) is 5.91 Å². The predicted octanol–water partition coefficient (Wildman–Crippen LogP) is 4.08. The molecule has 1 atom stereocenters. The van der Waals surface area contributed by atoms with E-state index in [1.807, 2.05) is 6.07 Å². The number of hydrogen-bond acceptors (Lipinski definition) is 5. The molecule has 0 aliphatic carbocycles. The van der Waals surface area contributed by atoms with Crippen molar-refractivity contribution in [1.29, 1.82) is 0 Å². The van der Waals surface area contributed by atoms with Crippen LogP contribution in [0.5, 0.6) is 0 Å². The zero-order valence-corrected chi connectivity index (χ0v) is 18.9. The summed E-state index contributed by atoms with van der Waals surface area (Å²) in [6.07, 6.45) is 0. The van der Waals surface area contributed by atoms with E-state index in [9.17, 15) is 18.4 Å². The van der Waals surface area contributed by atoms with E-state index in [0.29, 0.717) is 22.6 Å². The summed E-state index contributed by atoms with van der Waals surface area (Å²) in [5.74, 6) is -1.92. The Morgan fingerprint density at radius 1 is 1.19 bits per heavy atom. The Bertz CT molecular complexity index is 1090. The minimum Gasteiger partial charge on any atom is -0.342 e. The first kappa shape index (κ1) is 22.9. The Labute approximate surface area is 189 Å². The molecule has 0 saturated heterocycles. The average Bonchev–Trinajstić information content (AvgIpc) is 3.10. The van der Waals surface area contributed by atoms with Crippen molar-refractivity contribution >= 4 is 45.2 Å². The third-order valence-electron chi connectivity index (χ3n) is 4.24. The van der Waals surface area contributed by atoms with Crippen molar-refractivity contribution in [3.63, 3.8) is 0 Å². The van der Waals surface area contributed by atoms with Gasteiger partial charge in [0.1, 0.15) is 5.82 Å². The zero-order valence-electron chi connectivity index (χ0n) is 16.5. The fourth-order valence-electron chi connectivity index (χ4n) is 2.73. The topological polar surface area (TPSA) is 88.9 Å². The summed E-state index contributed by atoms with van der Waals surface area (Å²) in [4.78, 5) is 24.5. The lowest BCUT2D eigenvalue weighted by atomic mass is 10.2. The molecule has 0 unspecified atom stereocenters. The van der Waals surface area contributed by atoms with Gasteiger partial charge < -0.3 is 15.2 Å². The van der Waals surface area contributed by atoms with Crippen LogP contribution >= 0.6 is 27.7 Å². The van der Waals surface area contributed by atoms with Crippen molar-refractivity contribution in [3.05, 3.63) is 70.0 Å². The standard InChI is InChI=1S/C20H18BrF2N5O2S/c1-11(24-19(30)12-6-4-3-5-7-12)18-26-27-20(28(18)2)31-10-16(29)25-17-14(21)8-13(22)9-15(17)23/h3-9,11H,10H2,1-2H3,(H,24,30)(H,25,29)/t11-/m0/s1. The van der Waals surface area contributed by atoms with Crippen molar-refractivity contribution in [2.24, 2.45) is 7.05 Å². The Morgan fingerprint density at radius 2 is 1.90 bits per heavy atom. The second-order valence-corrected chi connectivity index (χ2v) is 8.34. The summed E-state index contributed by atoms with van der Waals surface area (Å²) in [5.41, 5.74) is 0.393. The zero-order chi connectivity index (χ0) is 22.5. The maximum atomic E-state index is 13.9. The minimum atomic E-state index is -0.880. The van der Waals surface area contributed by atoms with Gasteiger partial charge in [-0.1, -0.05) is 30.0 Å². The van der Waals surface area contributed by atoms with E-state index in [0.717, 1.165) is 17.8 Å². The summed E-state index contributed by atoms with van der Waals surface area (Å²) in [6, 6.07) is 10.1. The number of thioether (sulfide) groups is 1. The number of nitrogens with one attached hydrogen (secondary N) is 2. The van der Waals surface area contributed by atoms with E-state index in [1.165, 1.54) is 0 Å². The van der Waals surface area contributed by atoms with Crippen LogP contribution in [-0.2, 0) is 11.8 Å². The third kappa shape index (κ3) is 5.67. The van der Waals surface area contributed by atoms with Crippen molar-refractivity contribution < 1.29 is 18.4 Å². The van der Waals surface area contributed by atoms with E-state index >= 15 is 0 Å². The van der Waals surface area contributed by atoms with E-state index in [4.69, 9.17) is 0 Å². The summed E-state index contributed by atoms with van der Waals surface area (Å²) in [6.45, 7) is 1.78. The Hall–Kier alpha value is -2.79. The molecule has 7 nitrogen and oxygen atoms in total. The van der Waals surface area contributed by atoms with Gasteiger partial charge >= 0.3 is 0 Å². The maximum absolute atomic E-state index is 13.9. The minimum absolute atomic E-state index is 0.0695. The molecule has 3 rings (SSSR count). The highest BCUT2D eigenvalue weighted by molar-refractivity contribution is 9.10. The molecule has 31 heavy (non-hydrogen) atoms. The normalized spacial score (nSPS) is 11.8. The number of benzene rings is 2. The first-order valence-corrected chi connectivity index (χ1v) is 10.9. The molecule has 0 bridgehead atoms. The molecule has 0 aliphatic heterocycles. The Kier molecular flexibility index (Phi) is 7.39. The number of rotatable bonds is 7. The largest absolute Gasteiger partial charge is 0.342 e. The number of halogens is 3. The first-order chi connectivity index (χ1) is 14.8. The summed E-state index contributed by atoms with van der Waals surface area (Å²) in [7, 11) is 1.72. The lowest BCUT2D eigenvalue weighted by molar-refractivity contribution is -0.113. The van der Waals surface area contributed by atoms with Crippen molar-refractivity contribution in [2.75, 3.05) is 11.1 Å². The molecule has 0 spiro atoms. The van der Waals surface area contributed by atoms with Crippen LogP contribution < -0.4 is 10.6 Å². The lowest BCUT2D eigenvalue weighted by Crippen LogP contribution is -2.28. The van der Waals surface area contributed by atoms with Crippen molar-refractivity contribution in [3.8, 4) is 0 Å². The van der Waals surface area contributed by atoms with Gasteiger partial charge in [-0.05, 0) is 41.1 Å². The van der Waals surface area contributed by atoms with Gasteiger partial charge in [0.15, 0.2) is 16.8 Å². The molecule has 2 N–H and O–H groups in total. The van der Waals surface area contributed by atoms with Gasteiger partial charge in [-0.25, -0.2) is 8.78 Å². The third-order valence-corrected chi connectivity index (χ3v) is 5.89. The molecule has 1 aromatic heterocycles. The molecule has 162 valence electrons. The van der Waals surface area contributed by atoms with Crippen LogP contribution in [0.25, 0.3) is 0 Å². The van der Waals surface area contributed by atoms with Crippen LogP contribution in [0.3, 0.4) is 0 Å². The fourth-order valence-corrected chi connectivity index (χ4v) is 3.96. The second kappa shape index (κ2) is 10.0. The van der Waals surface area contributed by atoms with Gasteiger partial charge in [0.2, 0.25) is 5.91 Å². The molecule has 2 amide bonds. The summed E-state index contributed by atoms with van der Waals surface area (Å²) in [5, 5.41) is 13.9. The van der Waals surface area contributed by atoms with Gasteiger partial charge in [-0.2, -0.15) is 0 Å². The van der Waals surface area contributed by atoms with E-state index in [-0.39, 0.29) is 21.8 Å². The Morgan fingerprint density at radius 3 is 2.58 bits per heavy atom. The van der Waals surface area contributed by atoms with Crippen LogP contribution in [0.1, 0.15) is 29.1 Å². The maximum Gasteiger partial charge on any atom is 0.251 e. The molecule has 0 saturated carbocycles. The summed E-state index contributed by atoms with van der Waals surface area (Å²) < 4.78 is 28.8. The quantitative estimate of drug-likeness (QED) is 0.468. The van der Waals surface area contributed by atoms with Crippen molar-refractivity contribution in [1.82, 2.24) is 20.1 Å². The highest BCUT2D eigenvalue weighted by Gasteiger charge is 2.19. The highest BCUT2D eigenvalue weighted by Crippen LogP contribution is 2.27. The molecule has 0 aliphatic rings. The number of carbonyl (C=O) groups is 2. The van der Waals surface area contributed by atoms with Gasteiger partial charge in [-0.3, -0.25) is 9.59 Å². The SMILES string of the molecule is C[C@H](NC(=O)c1ccccc1)c1nnc(SCC(=O)Nc2c(F)cc(F)cc2Br)n1C. The van der Waals surface area contributed by atoms with Gasteiger partial charge in [-0.15, -0.1) is 10.2 Å². The highest BCUT2D eigenvalue weighted by atomic mass is 79.9. The molecule has 3 aromatic rings. The van der Waals surface area contributed by atoms with Crippen LogP contribution in [-0.4, -0.2) is 32.3 Å². The van der Waals surface area contributed by atoms with Crippen LogP contribution in [0.2, 0.25) is 0 Å². The molecular weight excluding hydrogens is 492 g/mol. The number of carbonyl (C=O) groups excluding carboxylic acids is 2. The monoisotopic (exact) mass is 509 g/mol. The first-order valence-electron chi connectivity index (χ1n) is 9.08. The fraction of sp³-hybridized carbons (Fsp3) is 0.200. The number of amides is 2. The average molecular weight is 510 g/mol. The molecule has 11 heteroatoms. The van der Waals surface area contributed by atoms with Gasteiger partial charge in [0.05, 0.1) is 17.5 Å². The number of nitrogens with zero attached hydrogens (tertiary/aromatic N) is 3. The smallest absolute Gasteiger partial charge is 0.251 e. The number of aromatic nitrogens is 3. The summed E-state index contributed by atoms with van der Waals surface area (Å²) >= 11 is 4.12. The van der Waals surface area contributed by atoms with Crippen LogP contribution in [0.4, 0.5) is 14.5 Å². The van der Waals surface area contributed by atoms with E-state index in [1.54, 1.807) is 42.8 Å². The molecule has 1 heterocycles. The van der Waals surface area contributed by atoms with Crippen LogP contribution in [0.15, 0.2) is 52.1 Å². The second-order valence-electron chi connectivity index (χ2n) is 6.54. The number of hydrogen-bond donors (Lipinski definition) is 2. The van der Waals surface area contributed by atoms with E-state index in [2.05, 4.69) is 36.8 Å². The van der Waals surface area contributed by atoms with Crippen LogP contribution in [0, 0.1) is 11.6 Å². The lowest BCUT2D eigenvalue weighted by Gasteiger charge is -2.13. The van der Waals surface area contributed by atoms with Gasteiger partial charge in [0, 0.05) is 23.2 Å². The molecule has 0 fully saturated rings. The Balaban J connectivity index is 1.60. The van der Waals surface area contributed by atoms with E-state index < -0.39 is 23.6 Å².